The van der Waals surface area contributed by atoms with Crippen LogP contribution in [-0.4, -0.2) is 36.4 Å². The van der Waals surface area contributed by atoms with Gasteiger partial charge in [0.25, 0.3) is 0 Å². The number of hydrogen-bond acceptors (Lipinski definition) is 4. The molecule has 2 rings (SSSR count). The smallest absolute Gasteiger partial charge is 0.171 e. The number of methoxy groups -OCH3 is 1. The monoisotopic (exact) mass is 258 g/mol. The number of rotatable bonds is 2. The Bertz CT molecular complexity index is 340. The van der Waals surface area contributed by atoms with Crippen LogP contribution in [0.2, 0.25) is 0 Å². The van der Waals surface area contributed by atoms with Crippen molar-refractivity contribution in [3.8, 4) is 5.75 Å². The summed E-state index contributed by atoms with van der Waals surface area (Å²) >= 11 is 3.33. The van der Waals surface area contributed by atoms with E-state index in [1.807, 2.05) is 11.0 Å². The Morgan fingerprint density at radius 2 is 2.36 bits per heavy atom. The lowest BCUT2D eigenvalue weighted by Crippen LogP contribution is -2.51. The molecular formula is C9H11BrN2O2. The molecule has 0 amide bonds. The van der Waals surface area contributed by atoms with Gasteiger partial charge in [-0.1, -0.05) is 0 Å². The first-order chi connectivity index (χ1) is 6.70. The molecule has 0 aliphatic carbocycles. The number of β-amino-alcohol motifs (C(OH)–C–C–N with tert-alkyl or cyclic N) is 1. The number of ether oxygens (including phenoxy) is 1. The SMILES string of the molecule is COc1cc(Br)cnc1N1CC(O)C1. The second-order valence-electron chi connectivity index (χ2n) is 3.24. The van der Waals surface area contributed by atoms with E-state index in [1.165, 1.54) is 0 Å². The molecule has 0 aromatic carbocycles. The standard InChI is InChI=1S/C9H11BrN2O2/c1-14-8-2-6(10)3-11-9(8)12-4-7(13)5-12/h2-3,7,13H,4-5H2,1H3. The van der Waals surface area contributed by atoms with Crippen LogP contribution in [0.1, 0.15) is 0 Å². The van der Waals surface area contributed by atoms with E-state index in [0.29, 0.717) is 13.1 Å². The van der Waals surface area contributed by atoms with Crippen LogP contribution in [0.4, 0.5) is 5.82 Å². The van der Waals surface area contributed by atoms with Crippen LogP contribution in [0, 0.1) is 0 Å². The van der Waals surface area contributed by atoms with Gasteiger partial charge in [-0.05, 0) is 22.0 Å². The minimum Gasteiger partial charge on any atom is -0.493 e. The number of anilines is 1. The van der Waals surface area contributed by atoms with Gasteiger partial charge in [-0.3, -0.25) is 0 Å². The summed E-state index contributed by atoms with van der Waals surface area (Å²) < 4.78 is 6.09. The molecule has 1 aliphatic rings. The quantitative estimate of drug-likeness (QED) is 0.861. The summed E-state index contributed by atoms with van der Waals surface area (Å²) in [6.07, 6.45) is 1.49. The summed E-state index contributed by atoms with van der Waals surface area (Å²) in [7, 11) is 1.61. The molecule has 1 aliphatic heterocycles. The molecule has 5 heteroatoms. The molecule has 0 radical (unpaired) electrons. The average Bonchev–Trinajstić information content (AvgIpc) is 2.13. The number of aliphatic hydroxyl groups is 1. The van der Waals surface area contributed by atoms with E-state index in [-0.39, 0.29) is 6.10 Å². The second kappa shape index (κ2) is 3.74. The second-order valence-corrected chi connectivity index (χ2v) is 4.15. The first-order valence-electron chi connectivity index (χ1n) is 4.33. The molecule has 2 heterocycles. The molecule has 76 valence electrons. The highest BCUT2D eigenvalue weighted by atomic mass is 79.9. The van der Waals surface area contributed by atoms with Crippen LogP contribution in [-0.2, 0) is 0 Å². The van der Waals surface area contributed by atoms with Gasteiger partial charge in [0, 0.05) is 23.8 Å². The lowest BCUT2D eigenvalue weighted by Gasteiger charge is -2.37. The van der Waals surface area contributed by atoms with Crippen LogP contribution < -0.4 is 9.64 Å². The van der Waals surface area contributed by atoms with Gasteiger partial charge in [0.1, 0.15) is 0 Å². The summed E-state index contributed by atoms with van der Waals surface area (Å²) in [5.74, 6) is 1.52. The van der Waals surface area contributed by atoms with E-state index in [4.69, 9.17) is 4.74 Å². The third-order valence-corrected chi connectivity index (χ3v) is 2.61. The van der Waals surface area contributed by atoms with Crippen molar-refractivity contribution >= 4 is 21.7 Å². The molecule has 0 spiro atoms. The van der Waals surface area contributed by atoms with Crippen molar-refractivity contribution in [2.24, 2.45) is 0 Å². The molecule has 14 heavy (non-hydrogen) atoms. The number of pyridine rings is 1. The summed E-state index contributed by atoms with van der Waals surface area (Å²) in [6.45, 7) is 1.26. The number of halogens is 1. The van der Waals surface area contributed by atoms with Crippen molar-refractivity contribution in [3.63, 3.8) is 0 Å². The summed E-state index contributed by atoms with van der Waals surface area (Å²) in [5.41, 5.74) is 0. The van der Waals surface area contributed by atoms with Crippen LogP contribution in [0.3, 0.4) is 0 Å². The fraction of sp³-hybridized carbons (Fsp3) is 0.444. The van der Waals surface area contributed by atoms with Crippen molar-refractivity contribution < 1.29 is 9.84 Å². The molecule has 4 nitrogen and oxygen atoms in total. The predicted molar refractivity (Wildman–Crippen MR) is 56.7 cm³/mol. The molecule has 0 atom stereocenters. The van der Waals surface area contributed by atoms with Crippen molar-refractivity contribution in [1.29, 1.82) is 0 Å². The van der Waals surface area contributed by atoms with Crippen LogP contribution in [0.15, 0.2) is 16.7 Å². The van der Waals surface area contributed by atoms with Gasteiger partial charge in [0.15, 0.2) is 11.6 Å². The maximum Gasteiger partial charge on any atom is 0.171 e. The van der Waals surface area contributed by atoms with E-state index in [1.54, 1.807) is 13.3 Å². The van der Waals surface area contributed by atoms with Gasteiger partial charge in [0.2, 0.25) is 0 Å². The maximum atomic E-state index is 9.18. The Morgan fingerprint density at radius 1 is 1.64 bits per heavy atom. The third-order valence-electron chi connectivity index (χ3n) is 2.18. The number of aliphatic hydroxyl groups excluding tert-OH is 1. The lowest BCUT2D eigenvalue weighted by molar-refractivity contribution is 0.140. The van der Waals surface area contributed by atoms with E-state index < -0.39 is 0 Å². The maximum absolute atomic E-state index is 9.18. The molecule has 0 saturated carbocycles. The highest BCUT2D eigenvalue weighted by molar-refractivity contribution is 9.10. The average molecular weight is 259 g/mol. The minimum absolute atomic E-state index is 0.231. The van der Waals surface area contributed by atoms with E-state index in [0.717, 1.165) is 16.0 Å². The molecule has 1 saturated heterocycles. The Kier molecular flexibility index (Phi) is 2.60. The lowest BCUT2D eigenvalue weighted by atomic mass is 10.1. The number of aromatic nitrogens is 1. The fourth-order valence-electron chi connectivity index (χ4n) is 1.43. The van der Waals surface area contributed by atoms with Crippen LogP contribution in [0.25, 0.3) is 0 Å². The Balaban J connectivity index is 2.24. The molecule has 0 unspecified atom stereocenters. The van der Waals surface area contributed by atoms with E-state index in [2.05, 4.69) is 20.9 Å². The van der Waals surface area contributed by atoms with Crippen molar-refractivity contribution in [1.82, 2.24) is 4.98 Å². The van der Waals surface area contributed by atoms with Gasteiger partial charge >= 0.3 is 0 Å². The molecule has 1 N–H and O–H groups in total. The van der Waals surface area contributed by atoms with Crippen molar-refractivity contribution in [2.75, 3.05) is 25.1 Å². The number of nitrogens with zero attached hydrogens (tertiary/aromatic N) is 2. The summed E-state index contributed by atoms with van der Waals surface area (Å²) in [5, 5.41) is 9.18. The predicted octanol–water partition coefficient (Wildman–Crippen LogP) is 1.03. The van der Waals surface area contributed by atoms with Gasteiger partial charge in [-0.15, -0.1) is 0 Å². The summed E-state index contributed by atoms with van der Waals surface area (Å²) in [6, 6.07) is 1.87. The largest absolute Gasteiger partial charge is 0.493 e. The van der Waals surface area contributed by atoms with Gasteiger partial charge in [-0.25, -0.2) is 4.98 Å². The van der Waals surface area contributed by atoms with E-state index >= 15 is 0 Å². The highest BCUT2D eigenvalue weighted by Crippen LogP contribution is 2.31. The normalized spacial score (nSPS) is 16.6. The zero-order valence-electron chi connectivity index (χ0n) is 7.77. The topological polar surface area (TPSA) is 45.6 Å². The molecule has 1 aromatic heterocycles. The molecule has 0 bridgehead atoms. The number of hydrogen-bond donors (Lipinski definition) is 1. The Labute approximate surface area is 90.6 Å². The molecule has 1 fully saturated rings. The van der Waals surface area contributed by atoms with E-state index in [9.17, 15) is 5.11 Å². The third kappa shape index (κ3) is 1.69. The van der Waals surface area contributed by atoms with Gasteiger partial charge in [-0.2, -0.15) is 0 Å². The van der Waals surface area contributed by atoms with Gasteiger partial charge < -0.3 is 14.7 Å². The first kappa shape index (κ1) is 9.73. The van der Waals surface area contributed by atoms with Gasteiger partial charge in [0.05, 0.1) is 13.2 Å². The fourth-order valence-corrected chi connectivity index (χ4v) is 1.74. The Hall–Kier alpha value is -0.810. The van der Waals surface area contributed by atoms with Crippen LogP contribution >= 0.6 is 15.9 Å². The molecule has 1 aromatic rings. The minimum atomic E-state index is -0.231. The first-order valence-corrected chi connectivity index (χ1v) is 5.12. The van der Waals surface area contributed by atoms with Crippen molar-refractivity contribution in [2.45, 2.75) is 6.10 Å². The van der Waals surface area contributed by atoms with Crippen LogP contribution in [0.5, 0.6) is 5.75 Å². The molecular weight excluding hydrogens is 248 g/mol. The Morgan fingerprint density at radius 3 is 2.93 bits per heavy atom. The van der Waals surface area contributed by atoms with Crippen molar-refractivity contribution in [3.05, 3.63) is 16.7 Å². The highest BCUT2D eigenvalue weighted by Gasteiger charge is 2.27. The zero-order valence-corrected chi connectivity index (χ0v) is 9.36. The summed E-state index contributed by atoms with van der Waals surface area (Å²) in [4.78, 5) is 6.23. The zero-order chi connectivity index (χ0) is 10.1.